The van der Waals surface area contributed by atoms with Crippen LogP contribution in [-0.2, 0) is 14.6 Å². The van der Waals surface area contributed by atoms with Crippen molar-refractivity contribution >= 4 is 56.4 Å². The van der Waals surface area contributed by atoms with Crippen molar-refractivity contribution in [3.63, 3.8) is 0 Å². The number of carbonyl (C=O) groups is 1. The molecule has 0 unspecified atom stereocenters. The predicted molar refractivity (Wildman–Crippen MR) is 117 cm³/mol. The monoisotopic (exact) mass is 483 g/mol. The number of nitrogens with one attached hydrogen (secondary N) is 2. The minimum absolute atomic E-state index is 0.0177. The summed E-state index contributed by atoms with van der Waals surface area (Å²) in [5, 5.41) is 3.12. The molecular weight excluding hydrogens is 469 g/mol. The highest BCUT2D eigenvalue weighted by molar-refractivity contribution is 7.99. The van der Waals surface area contributed by atoms with Gasteiger partial charge in [-0.2, -0.15) is 0 Å². The maximum absolute atomic E-state index is 12.7. The van der Waals surface area contributed by atoms with Gasteiger partial charge >= 0.3 is 0 Å². The molecule has 0 fully saturated rings. The molecule has 11 heteroatoms. The molecule has 0 radical (unpaired) electrons. The number of amides is 1. The first-order chi connectivity index (χ1) is 14.2. The summed E-state index contributed by atoms with van der Waals surface area (Å²) in [5.74, 6) is -0.305. The number of aromatic amines is 1. The number of aromatic nitrogens is 2. The molecule has 0 saturated heterocycles. The largest absolute Gasteiger partial charge is 0.325 e. The smallest absolute Gasteiger partial charge is 0.270 e. The van der Waals surface area contributed by atoms with Crippen LogP contribution >= 0.6 is 35.0 Å². The maximum atomic E-state index is 12.7. The lowest BCUT2D eigenvalue weighted by molar-refractivity contribution is -0.113. The fourth-order valence-electron chi connectivity index (χ4n) is 2.44. The van der Waals surface area contributed by atoms with Crippen LogP contribution in [-0.4, -0.2) is 30.0 Å². The van der Waals surface area contributed by atoms with Crippen LogP contribution in [0.3, 0.4) is 0 Å². The highest BCUT2D eigenvalue weighted by atomic mass is 35.5. The number of nitrogens with zero attached hydrogens (tertiary/aromatic N) is 1. The molecule has 7 nitrogen and oxygen atoms in total. The van der Waals surface area contributed by atoms with Gasteiger partial charge < -0.3 is 10.3 Å². The van der Waals surface area contributed by atoms with E-state index in [1.54, 1.807) is 6.07 Å². The molecule has 0 aliphatic heterocycles. The number of sulfone groups is 1. The third-order valence-corrected chi connectivity index (χ3v) is 7.36. The first kappa shape index (κ1) is 22.4. The summed E-state index contributed by atoms with van der Waals surface area (Å²) in [6.45, 7) is 1.87. The first-order valence-corrected chi connectivity index (χ1v) is 11.7. The van der Waals surface area contributed by atoms with Gasteiger partial charge in [-0.15, -0.1) is 0 Å². The number of rotatable bonds is 6. The molecule has 1 heterocycles. The Morgan fingerprint density at radius 1 is 1.17 bits per heavy atom. The Morgan fingerprint density at radius 3 is 2.57 bits per heavy atom. The zero-order chi connectivity index (χ0) is 21.9. The fourth-order valence-corrected chi connectivity index (χ4v) is 4.69. The lowest BCUT2D eigenvalue weighted by Crippen LogP contribution is -2.20. The third-order valence-electron chi connectivity index (χ3n) is 3.99. The first-order valence-electron chi connectivity index (χ1n) is 8.46. The van der Waals surface area contributed by atoms with Crippen LogP contribution in [0.5, 0.6) is 0 Å². The lowest BCUT2D eigenvalue weighted by Gasteiger charge is -2.08. The number of aryl methyl sites for hydroxylation is 1. The van der Waals surface area contributed by atoms with Crippen molar-refractivity contribution in [2.75, 3.05) is 11.1 Å². The second-order valence-electron chi connectivity index (χ2n) is 6.11. The van der Waals surface area contributed by atoms with Crippen molar-refractivity contribution in [2.24, 2.45) is 0 Å². The number of thioether (sulfide) groups is 1. The van der Waals surface area contributed by atoms with Gasteiger partial charge in [-0.3, -0.25) is 9.59 Å². The minimum atomic E-state index is -4.14. The van der Waals surface area contributed by atoms with E-state index in [1.165, 1.54) is 12.1 Å². The number of benzene rings is 2. The second kappa shape index (κ2) is 9.22. The van der Waals surface area contributed by atoms with Gasteiger partial charge in [0.05, 0.1) is 26.9 Å². The Labute approximate surface area is 186 Å². The third kappa shape index (κ3) is 5.04. The maximum Gasteiger partial charge on any atom is 0.270 e. The van der Waals surface area contributed by atoms with Gasteiger partial charge in [-0.25, -0.2) is 13.4 Å². The van der Waals surface area contributed by atoms with E-state index in [1.807, 2.05) is 25.1 Å². The van der Waals surface area contributed by atoms with Crippen LogP contribution in [0, 0.1) is 6.92 Å². The number of halogens is 2. The van der Waals surface area contributed by atoms with E-state index in [4.69, 9.17) is 23.2 Å². The molecule has 0 spiro atoms. The van der Waals surface area contributed by atoms with E-state index in [0.29, 0.717) is 5.69 Å². The van der Waals surface area contributed by atoms with Gasteiger partial charge in [0.15, 0.2) is 10.1 Å². The summed E-state index contributed by atoms with van der Waals surface area (Å²) in [4.78, 5) is 30.1. The molecule has 3 rings (SSSR count). The van der Waals surface area contributed by atoms with Gasteiger partial charge in [0, 0.05) is 5.69 Å². The number of hydrogen-bond acceptors (Lipinski definition) is 6. The molecule has 0 atom stereocenters. The Hall–Kier alpha value is -2.33. The molecule has 3 aromatic rings. The number of anilines is 1. The van der Waals surface area contributed by atoms with Crippen LogP contribution in [0.25, 0.3) is 0 Å². The Balaban J connectivity index is 1.73. The summed E-state index contributed by atoms with van der Waals surface area (Å²) < 4.78 is 25.4. The van der Waals surface area contributed by atoms with Crippen molar-refractivity contribution in [3.8, 4) is 0 Å². The SMILES string of the molecule is Cc1ccccc1NC(=O)CSc1ncc(S(=O)(=O)c2ccc(Cl)c(Cl)c2)c(=O)[nH]1. The topological polar surface area (TPSA) is 109 Å². The molecule has 2 N–H and O–H groups in total. The van der Waals surface area contributed by atoms with Crippen LogP contribution in [0.4, 0.5) is 5.69 Å². The van der Waals surface area contributed by atoms with Crippen LogP contribution in [0.1, 0.15) is 5.56 Å². The number of H-pyrrole nitrogens is 1. The zero-order valence-corrected chi connectivity index (χ0v) is 18.6. The second-order valence-corrected chi connectivity index (χ2v) is 9.81. The molecule has 0 bridgehead atoms. The van der Waals surface area contributed by atoms with Gasteiger partial charge in [0.2, 0.25) is 15.7 Å². The van der Waals surface area contributed by atoms with Gasteiger partial charge in [0.1, 0.15) is 0 Å². The van der Waals surface area contributed by atoms with E-state index in [-0.39, 0.29) is 31.8 Å². The molecule has 0 aliphatic carbocycles. The van der Waals surface area contributed by atoms with E-state index < -0.39 is 20.3 Å². The molecule has 1 amide bonds. The van der Waals surface area contributed by atoms with Crippen LogP contribution in [0.15, 0.2) is 68.4 Å². The van der Waals surface area contributed by atoms with Crippen molar-refractivity contribution in [1.82, 2.24) is 9.97 Å². The molecular formula is C19H15Cl2N3O4S2. The molecule has 30 heavy (non-hydrogen) atoms. The van der Waals surface area contributed by atoms with E-state index >= 15 is 0 Å². The standard InChI is InChI=1S/C19H15Cl2N3O4S2/c1-11-4-2-3-5-15(11)23-17(25)10-29-19-22-9-16(18(26)24-19)30(27,28)12-6-7-13(20)14(21)8-12/h2-9H,10H2,1H3,(H,23,25)(H,22,24,26). The van der Waals surface area contributed by atoms with Crippen LogP contribution in [0.2, 0.25) is 10.0 Å². The lowest BCUT2D eigenvalue weighted by atomic mass is 10.2. The fraction of sp³-hybridized carbons (Fsp3) is 0.105. The molecule has 0 aliphatic rings. The highest BCUT2D eigenvalue weighted by Gasteiger charge is 2.23. The molecule has 0 saturated carbocycles. The summed E-state index contributed by atoms with van der Waals surface area (Å²) >= 11 is 12.7. The number of carbonyl (C=O) groups excluding carboxylic acids is 1. The average Bonchev–Trinajstić information content (AvgIpc) is 2.70. The molecule has 1 aromatic heterocycles. The van der Waals surface area contributed by atoms with Gasteiger partial charge in [0.25, 0.3) is 5.56 Å². The summed E-state index contributed by atoms with van der Waals surface area (Å²) in [5.41, 5.74) is 0.754. The summed E-state index contributed by atoms with van der Waals surface area (Å²) in [7, 11) is -4.14. The average molecular weight is 484 g/mol. The highest BCUT2D eigenvalue weighted by Crippen LogP contribution is 2.27. The van der Waals surface area contributed by atoms with E-state index in [0.717, 1.165) is 29.6 Å². The van der Waals surface area contributed by atoms with E-state index in [9.17, 15) is 18.0 Å². The summed E-state index contributed by atoms with van der Waals surface area (Å²) in [6.07, 6.45) is 0.957. The number of hydrogen-bond donors (Lipinski definition) is 2. The zero-order valence-electron chi connectivity index (χ0n) is 15.5. The van der Waals surface area contributed by atoms with Gasteiger partial charge in [-0.1, -0.05) is 53.2 Å². The normalized spacial score (nSPS) is 11.3. The Bertz CT molecular complexity index is 1280. The van der Waals surface area contributed by atoms with Gasteiger partial charge in [-0.05, 0) is 36.8 Å². The quantitative estimate of drug-likeness (QED) is 0.405. The van der Waals surface area contributed by atoms with E-state index in [2.05, 4.69) is 15.3 Å². The Kier molecular flexibility index (Phi) is 6.87. The Morgan fingerprint density at radius 2 is 1.90 bits per heavy atom. The van der Waals surface area contributed by atoms with Crippen molar-refractivity contribution in [1.29, 1.82) is 0 Å². The van der Waals surface area contributed by atoms with Crippen molar-refractivity contribution < 1.29 is 13.2 Å². The molecule has 156 valence electrons. The molecule has 2 aromatic carbocycles. The minimum Gasteiger partial charge on any atom is -0.325 e. The number of para-hydroxylation sites is 1. The van der Waals surface area contributed by atoms with Crippen molar-refractivity contribution in [3.05, 3.63) is 74.6 Å². The van der Waals surface area contributed by atoms with Crippen molar-refractivity contribution in [2.45, 2.75) is 21.9 Å². The van der Waals surface area contributed by atoms with Crippen LogP contribution < -0.4 is 10.9 Å². The predicted octanol–water partition coefficient (Wildman–Crippen LogP) is 3.95. The summed E-state index contributed by atoms with van der Waals surface area (Å²) in [6, 6.07) is 11.1.